The summed E-state index contributed by atoms with van der Waals surface area (Å²) in [6.45, 7) is 0.241. The van der Waals surface area contributed by atoms with Crippen molar-refractivity contribution in [2.24, 2.45) is 0 Å². The van der Waals surface area contributed by atoms with Crippen LogP contribution in [0.5, 0.6) is 0 Å². The van der Waals surface area contributed by atoms with Gasteiger partial charge in [-0.2, -0.15) is 0 Å². The number of nitrogens with one attached hydrogen (secondary N) is 1. The monoisotopic (exact) mass is 257 g/mol. The van der Waals surface area contributed by atoms with Crippen LogP contribution in [0, 0.1) is 22.5 Å². The molecule has 2 rings (SSSR count). The molecule has 1 aromatic heterocycles. The quantitative estimate of drug-likeness (QED) is 0.509. The molecule has 1 N–H and O–H groups in total. The Hall–Kier alpha value is -2.81. The predicted octanol–water partition coefficient (Wildman–Crippen LogP) is 1.30. The van der Waals surface area contributed by atoms with Crippen LogP contribution in [0.1, 0.15) is 0 Å². The van der Waals surface area contributed by atoms with Gasteiger partial charge in [-0.25, -0.2) is 0 Å². The second-order valence-electron chi connectivity index (χ2n) is 3.92. The zero-order chi connectivity index (χ0) is 13.8. The van der Waals surface area contributed by atoms with Gasteiger partial charge in [-0.1, -0.05) is 5.92 Å². The molecule has 96 valence electrons. The number of rotatable bonds is 4. The van der Waals surface area contributed by atoms with E-state index in [2.05, 4.69) is 11.2 Å². The summed E-state index contributed by atoms with van der Waals surface area (Å²) >= 11 is 0. The summed E-state index contributed by atoms with van der Waals surface area (Å²) in [5.41, 5.74) is 0.640. The van der Waals surface area contributed by atoms with Crippen molar-refractivity contribution in [2.45, 2.75) is 6.54 Å². The van der Waals surface area contributed by atoms with Crippen LogP contribution in [-0.4, -0.2) is 21.9 Å². The van der Waals surface area contributed by atoms with Gasteiger partial charge in [0.05, 0.1) is 17.0 Å². The van der Waals surface area contributed by atoms with E-state index in [0.717, 1.165) is 5.39 Å². The smallest absolute Gasteiger partial charge is 0.271 e. The Morgan fingerprint density at radius 2 is 2.26 bits per heavy atom. The average Bonchev–Trinajstić information content (AvgIpc) is 2.78. The van der Waals surface area contributed by atoms with Gasteiger partial charge >= 0.3 is 0 Å². The van der Waals surface area contributed by atoms with Crippen LogP contribution >= 0.6 is 0 Å². The number of hydrogen-bond donors (Lipinski definition) is 1. The Bertz CT molecular complexity index is 682. The van der Waals surface area contributed by atoms with Gasteiger partial charge in [0, 0.05) is 23.7 Å². The molecule has 0 aliphatic rings. The molecule has 0 bridgehead atoms. The molecule has 6 heteroatoms. The number of nitrogens with zero attached hydrogens (tertiary/aromatic N) is 2. The second kappa shape index (κ2) is 5.23. The number of benzene rings is 1. The molecule has 0 aliphatic carbocycles. The van der Waals surface area contributed by atoms with E-state index in [9.17, 15) is 14.9 Å². The third kappa shape index (κ3) is 2.72. The summed E-state index contributed by atoms with van der Waals surface area (Å²) in [5.74, 6) is 2.07. The van der Waals surface area contributed by atoms with Crippen molar-refractivity contribution in [3.63, 3.8) is 0 Å². The van der Waals surface area contributed by atoms with E-state index in [1.807, 2.05) is 0 Å². The lowest BCUT2D eigenvalue weighted by Gasteiger charge is -2.05. The lowest BCUT2D eigenvalue weighted by Crippen LogP contribution is -2.27. The summed E-state index contributed by atoms with van der Waals surface area (Å²) in [5, 5.41) is 14.1. The molecule has 0 radical (unpaired) electrons. The predicted molar refractivity (Wildman–Crippen MR) is 70.4 cm³/mol. The topological polar surface area (TPSA) is 77.2 Å². The molecule has 19 heavy (non-hydrogen) atoms. The molecule has 1 amide bonds. The van der Waals surface area contributed by atoms with Crippen LogP contribution in [0.15, 0.2) is 30.5 Å². The molecule has 0 spiro atoms. The molecule has 0 unspecified atom stereocenters. The largest absolute Gasteiger partial charge is 0.344 e. The minimum absolute atomic E-state index is 0.00326. The number of non-ortho nitro benzene ring substituents is 1. The molecule has 0 aliphatic heterocycles. The maximum absolute atomic E-state index is 11.6. The number of nitro groups is 1. The first-order valence-corrected chi connectivity index (χ1v) is 5.55. The third-order valence-electron chi connectivity index (χ3n) is 2.67. The minimum atomic E-state index is -0.463. The fourth-order valence-corrected chi connectivity index (χ4v) is 1.78. The Kier molecular flexibility index (Phi) is 3.48. The number of amides is 1. The number of fused-ring (bicyclic) bond motifs is 1. The highest BCUT2D eigenvalue weighted by atomic mass is 16.6. The molecular formula is C13H11N3O3. The minimum Gasteiger partial charge on any atom is -0.344 e. The van der Waals surface area contributed by atoms with Gasteiger partial charge in [0.25, 0.3) is 5.69 Å². The van der Waals surface area contributed by atoms with Gasteiger partial charge in [-0.3, -0.25) is 14.9 Å². The Labute approximate surface area is 109 Å². The maximum atomic E-state index is 11.6. The fourth-order valence-electron chi connectivity index (χ4n) is 1.78. The number of hydrogen-bond acceptors (Lipinski definition) is 3. The van der Waals surface area contributed by atoms with Gasteiger partial charge in [-0.05, 0) is 12.1 Å². The van der Waals surface area contributed by atoms with Crippen LogP contribution in [-0.2, 0) is 11.3 Å². The van der Waals surface area contributed by atoms with E-state index < -0.39 is 4.92 Å². The van der Waals surface area contributed by atoms with E-state index in [1.165, 1.54) is 12.1 Å². The molecule has 0 fully saturated rings. The van der Waals surface area contributed by atoms with Crippen LogP contribution in [0.4, 0.5) is 5.69 Å². The van der Waals surface area contributed by atoms with Crippen molar-refractivity contribution < 1.29 is 9.72 Å². The zero-order valence-electron chi connectivity index (χ0n) is 10.00. The van der Waals surface area contributed by atoms with Crippen LogP contribution in [0.3, 0.4) is 0 Å². The van der Waals surface area contributed by atoms with Crippen molar-refractivity contribution in [3.05, 3.63) is 40.6 Å². The summed E-state index contributed by atoms with van der Waals surface area (Å²) in [7, 11) is 0. The maximum Gasteiger partial charge on any atom is 0.271 e. The molecule has 1 heterocycles. The Balaban J connectivity index is 2.28. The Morgan fingerprint density at radius 3 is 2.95 bits per heavy atom. The van der Waals surface area contributed by atoms with Crippen molar-refractivity contribution >= 4 is 22.5 Å². The molecule has 0 atom stereocenters. The van der Waals surface area contributed by atoms with E-state index in [0.29, 0.717) is 5.52 Å². The van der Waals surface area contributed by atoms with Gasteiger partial charge in [0.2, 0.25) is 5.91 Å². The SMILES string of the molecule is C#CCNC(=O)Cn1ccc2ccc([N+](=O)[O-])cc21. The average molecular weight is 257 g/mol. The number of carbonyl (C=O) groups excluding carboxylic acids is 1. The van der Waals surface area contributed by atoms with Gasteiger partial charge in [0.15, 0.2) is 0 Å². The number of aromatic nitrogens is 1. The first kappa shape index (κ1) is 12.6. The summed E-state index contributed by atoms with van der Waals surface area (Å²) in [4.78, 5) is 21.8. The third-order valence-corrected chi connectivity index (χ3v) is 2.67. The van der Waals surface area contributed by atoms with E-state index in [-0.39, 0.29) is 24.7 Å². The Morgan fingerprint density at radius 1 is 1.47 bits per heavy atom. The molecule has 0 saturated heterocycles. The lowest BCUT2D eigenvalue weighted by atomic mass is 10.2. The lowest BCUT2D eigenvalue weighted by molar-refractivity contribution is -0.384. The first-order chi connectivity index (χ1) is 9.11. The van der Waals surface area contributed by atoms with Crippen molar-refractivity contribution in [1.29, 1.82) is 0 Å². The highest BCUT2D eigenvalue weighted by Crippen LogP contribution is 2.21. The summed E-state index contributed by atoms with van der Waals surface area (Å²) in [6, 6.07) is 6.34. The number of carbonyl (C=O) groups is 1. The zero-order valence-corrected chi connectivity index (χ0v) is 10.00. The summed E-state index contributed by atoms with van der Waals surface area (Å²) < 4.78 is 1.65. The normalized spacial score (nSPS) is 10.1. The van der Waals surface area contributed by atoms with Crippen LogP contribution in [0.25, 0.3) is 10.9 Å². The van der Waals surface area contributed by atoms with Gasteiger partial charge in [-0.15, -0.1) is 6.42 Å². The van der Waals surface area contributed by atoms with E-state index in [1.54, 1.807) is 22.9 Å². The van der Waals surface area contributed by atoms with Crippen LogP contribution in [0.2, 0.25) is 0 Å². The van der Waals surface area contributed by atoms with Gasteiger partial charge in [0.1, 0.15) is 6.54 Å². The second-order valence-corrected chi connectivity index (χ2v) is 3.92. The standard InChI is InChI=1S/C13H11N3O3/c1-2-6-14-13(17)9-15-7-5-10-3-4-11(16(18)19)8-12(10)15/h1,3-5,7-8H,6,9H2,(H,14,17). The van der Waals surface area contributed by atoms with Crippen molar-refractivity contribution in [1.82, 2.24) is 9.88 Å². The highest BCUT2D eigenvalue weighted by Gasteiger charge is 2.10. The molecule has 6 nitrogen and oxygen atoms in total. The summed E-state index contributed by atoms with van der Waals surface area (Å²) in [6.07, 6.45) is 6.76. The van der Waals surface area contributed by atoms with Crippen LogP contribution < -0.4 is 5.32 Å². The van der Waals surface area contributed by atoms with Gasteiger partial charge < -0.3 is 9.88 Å². The molecule has 2 aromatic rings. The number of terminal acetylenes is 1. The number of nitro benzene ring substituents is 1. The molecular weight excluding hydrogens is 246 g/mol. The molecule has 0 saturated carbocycles. The first-order valence-electron chi connectivity index (χ1n) is 5.55. The fraction of sp³-hybridized carbons (Fsp3) is 0.154. The van der Waals surface area contributed by atoms with E-state index >= 15 is 0 Å². The molecule has 1 aromatic carbocycles. The van der Waals surface area contributed by atoms with Crippen molar-refractivity contribution in [3.8, 4) is 12.3 Å². The highest BCUT2D eigenvalue weighted by molar-refractivity contribution is 5.85. The van der Waals surface area contributed by atoms with Crippen molar-refractivity contribution in [2.75, 3.05) is 6.54 Å². The van der Waals surface area contributed by atoms with E-state index in [4.69, 9.17) is 6.42 Å².